The van der Waals surface area contributed by atoms with Crippen molar-refractivity contribution >= 4 is 34.8 Å². The summed E-state index contributed by atoms with van der Waals surface area (Å²) in [5, 5.41) is 0.871. The summed E-state index contributed by atoms with van der Waals surface area (Å²) in [7, 11) is 0. The molecule has 2 rings (SSSR count). The van der Waals surface area contributed by atoms with E-state index in [1.165, 1.54) is 5.56 Å². The van der Waals surface area contributed by atoms with Gasteiger partial charge in [0, 0.05) is 0 Å². The summed E-state index contributed by atoms with van der Waals surface area (Å²) in [6, 6.07) is 14.0. The van der Waals surface area contributed by atoms with E-state index in [2.05, 4.69) is 38.1 Å². The topological polar surface area (TPSA) is 0 Å². The molecule has 0 fully saturated rings. The highest BCUT2D eigenvalue weighted by Gasteiger charge is 2.12. The third-order valence-electron chi connectivity index (χ3n) is 3.15. The Morgan fingerprint density at radius 2 is 1.45 bits per heavy atom. The summed E-state index contributed by atoms with van der Waals surface area (Å²) in [6.45, 7) is 4.43. The van der Waals surface area contributed by atoms with E-state index < -0.39 is 0 Å². The number of rotatable bonds is 4. The van der Waals surface area contributed by atoms with Gasteiger partial charge in [0.05, 0.1) is 15.4 Å². The molecule has 0 saturated carbocycles. The maximum absolute atomic E-state index is 6.51. The molecule has 2 aromatic carbocycles. The molecule has 0 aliphatic heterocycles. The first-order chi connectivity index (χ1) is 9.47. The Morgan fingerprint density at radius 1 is 0.850 bits per heavy atom. The average Bonchev–Trinajstić information content (AvgIpc) is 2.41. The Bertz CT molecular complexity index is 573. The molecule has 0 radical (unpaired) electrons. The number of halogens is 3. The molecule has 0 bridgehead atoms. The first-order valence-electron chi connectivity index (χ1n) is 6.65. The molecule has 1 unspecified atom stereocenters. The quantitative estimate of drug-likeness (QED) is 0.561. The first-order valence-corrected chi connectivity index (χ1v) is 7.84. The van der Waals surface area contributed by atoms with Gasteiger partial charge < -0.3 is 0 Å². The number of hydrogen-bond donors (Lipinski definition) is 0. The van der Waals surface area contributed by atoms with Crippen LogP contribution in [0.2, 0.25) is 10.0 Å². The van der Waals surface area contributed by atoms with Crippen molar-refractivity contribution in [3.8, 4) is 0 Å². The molecule has 0 nitrogen and oxygen atoms in total. The summed E-state index contributed by atoms with van der Waals surface area (Å²) in [5.74, 6) is 0.655. The summed E-state index contributed by atoms with van der Waals surface area (Å²) in [5.41, 5.74) is 3.36. The van der Waals surface area contributed by atoms with Crippen LogP contribution in [0.5, 0.6) is 0 Å². The molecule has 106 valence electrons. The van der Waals surface area contributed by atoms with E-state index in [0.29, 0.717) is 16.0 Å². The third-order valence-corrected chi connectivity index (χ3v) is 4.40. The van der Waals surface area contributed by atoms with Crippen LogP contribution in [0.25, 0.3) is 0 Å². The molecule has 1 atom stereocenters. The lowest BCUT2D eigenvalue weighted by Gasteiger charge is -2.12. The Labute approximate surface area is 135 Å². The molecular weight excluding hydrogens is 311 g/mol. The number of benzene rings is 2. The van der Waals surface area contributed by atoms with Gasteiger partial charge in [-0.25, -0.2) is 0 Å². The molecule has 20 heavy (non-hydrogen) atoms. The lowest BCUT2D eigenvalue weighted by molar-refractivity contribution is 0.647. The van der Waals surface area contributed by atoms with E-state index in [0.717, 1.165) is 17.5 Å². The zero-order valence-corrected chi connectivity index (χ0v) is 13.8. The van der Waals surface area contributed by atoms with Crippen molar-refractivity contribution in [1.29, 1.82) is 0 Å². The van der Waals surface area contributed by atoms with E-state index in [-0.39, 0.29) is 5.38 Å². The fourth-order valence-electron chi connectivity index (χ4n) is 2.16. The highest BCUT2D eigenvalue weighted by molar-refractivity contribution is 6.42. The van der Waals surface area contributed by atoms with E-state index in [1.54, 1.807) is 6.07 Å². The minimum absolute atomic E-state index is 0.210. The summed E-state index contributed by atoms with van der Waals surface area (Å²) < 4.78 is 0. The first kappa shape index (κ1) is 15.7. The molecule has 0 aliphatic rings. The van der Waals surface area contributed by atoms with Crippen LogP contribution in [0.4, 0.5) is 0 Å². The minimum Gasteiger partial charge on any atom is -0.113 e. The number of hydrogen-bond acceptors (Lipinski definition) is 0. The standard InChI is InChI=1S/C17H17Cl3/c1-11(2)9-12-3-5-13(6-4-12)17(20)14-7-8-15(18)16(19)10-14/h3-8,10-11,17H,9H2,1-2H3. The van der Waals surface area contributed by atoms with Crippen LogP contribution in [-0.4, -0.2) is 0 Å². The van der Waals surface area contributed by atoms with Gasteiger partial charge in [-0.05, 0) is 41.2 Å². The van der Waals surface area contributed by atoms with Crippen LogP contribution >= 0.6 is 34.8 Å². The Balaban J connectivity index is 2.20. The average molecular weight is 328 g/mol. The van der Waals surface area contributed by atoms with Gasteiger partial charge in [-0.1, -0.05) is 67.4 Å². The Kier molecular flexibility index (Phi) is 5.37. The SMILES string of the molecule is CC(C)Cc1ccc(C(Cl)c2ccc(Cl)c(Cl)c2)cc1. The normalized spacial score (nSPS) is 12.7. The largest absolute Gasteiger partial charge is 0.113 e. The van der Waals surface area contributed by atoms with Crippen molar-refractivity contribution in [2.45, 2.75) is 25.6 Å². The van der Waals surface area contributed by atoms with Gasteiger partial charge in [-0.2, -0.15) is 0 Å². The zero-order chi connectivity index (χ0) is 14.7. The van der Waals surface area contributed by atoms with Gasteiger partial charge in [0.1, 0.15) is 0 Å². The van der Waals surface area contributed by atoms with Gasteiger partial charge in [0.25, 0.3) is 0 Å². The molecule has 0 saturated heterocycles. The van der Waals surface area contributed by atoms with E-state index >= 15 is 0 Å². The second kappa shape index (κ2) is 6.85. The summed E-state index contributed by atoms with van der Waals surface area (Å²) in [6.07, 6.45) is 1.08. The molecule has 3 heteroatoms. The Morgan fingerprint density at radius 3 is 2.00 bits per heavy atom. The minimum atomic E-state index is -0.210. The predicted octanol–water partition coefficient (Wildman–Crippen LogP) is 6.52. The smallest absolute Gasteiger partial charge is 0.0835 e. The molecule has 0 spiro atoms. The zero-order valence-electron chi connectivity index (χ0n) is 11.5. The fraction of sp³-hybridized carbons (Fsp3) is 0.294. The molecular formula is C17H17Cl3. The monoisotopic (exact) mass is 326 g/mol. The lowest BCUT2D eigenvalue weighted by atomic mass is 9.99. The number of alkyl halides is 1. The third kappa shape index (κ3) is 3.91. The van der Waals surface area contributed by atoms with Gasteiger partial charge in [-0.15, -0.1) is 11.6 Å². The van der Waals surface area contributed by atoms with Crippen molar-refractivity contribution in [2.24, 2.45) is 5.92 Å². The second-order valence-corrected chi connectivity index (χ2v) is 6.63. The van der Waals surface area contributed by atoms with Crippen molar-refractivity contribution < 1.29 is 0 Å². The van der Waals surface area contributed by atoms with Crippen molar-refractivity contribution in [2.75, 3.05) is 0 Å². The highest BCUT2D eigenvalue weighted by Crippen LogP contribution is 2.33. The predicted molar refractivity (Wildman–Crippen MR) is 89.1 cm³/mol. The van der Waals surface area contributed by atoms with Gasteiger partial charge in [-0.3, -0.25) is 0 Å². The summed E-state index contributed by atoms with van der Waals surface area (Å²) in [4.78, 5) is 0. The molecule has 0 heterocycles. The van der Waals surface area contributed by atoms with Crippen LogP contribution in [0.15, 0.2) is 42.5 Å². The van der Waals surface area contributed by atoms with Crippen molar-refractivity contribution in [3.63, 3.8) is 0 Å². The van der Waals surface area contributed by atoms with Gasteiger partial charge in [0.15, 0.2) is 0 Å². The second-order valence-electron chi connectivity index (χ2n) is 5.38. The van der Waals surface area contributed by atoms with Crippen LogP contribution < -0.4 is 0 Å². The van der Waals surface area contributed by atoms with Gasteiger partial charge >= 0.3 is 0 Å². The molecule has 0 aromatic heterocycles. The maximum Gasteiger partial charge on any atom is 0.0835 e. The molecule has 0 amide bonds. The van der Waals surface area contributed by atoms with Crippen LogP contribution in [-0.2, 0) is 6.42 Å². The highest BCUT2D eigenvalue weighted by atomic mass is 35.5. The summed E-state index contributed by atoms with van der Waals surface area (Å²) >= 11 is 18.5. The van der Waals surface area contributed by atoms with Gasteiger partial charge in [0.2, 0.25) is 0 Å². The van der Waals surface area contributed by atoms with Crippen LogP contribution in [0.1, 0.15) is 35.9 Å². The van der Waals surface area contributed by atoms with E-state index in [4.69, 9.17) is 34.8 Å². The van der Waals surface area contributed by atoms with Crippen molar-refractivity contribution in [3.05, 3.63) is 69.2 Å². The molecule has 2 aromatic rings. The Hall–Kier alpha value is -0.690. The van der Waals surface area contributed by atoms with E-state index in [9.17, 15) is 0 Å². The van der Waals surface area contributed by atoms with E-state index in [1.807, 2.05) is 12.1 Å². The van der Waals surface area contributed by atoms with Crippen LogP contribution in [0, 0.1) is 5.92 Å². The van der Waals surface area contributed by atoms with Crippen molar-refractivity contribution in [1.82, 2.24) is 0 Å². The van der Waals surface area contributed by atoms with Crippen LogP contribution in [0.3, 0.4) is 0 Å². The molecule has 0 N–H and O–H groups in total. The fourth-order valence-corrected chi connectivity index (χ4v) is 2.74. The molecule has 0 aliphatic carbocycles. The lowest BCUT2D eigenvalue weighted by Crippen LogP contribution is -1.96. The maximum atomic E-state index is 6.51.